The van der Waals surface area contributed by atoms with Gasteiger partial charge < -0.3 is 4.74 Å². The third-order valence-corrected chi connectivity index (χ3v) is 5.57. The summed E-state index contributed by atoms with van der Waals surface area (Å²) in [6, 6.07) is 4.98. The van der Waals surface area contributed by atoms with Crippen LogP contribution in [0.2, 0.25) is 0 Å². The van der Waals surface area contributed by atoms with E-state index in [-0.39, 0.29) is 30.2 Å². The van der Waals surface area contributed by atoms with Crippen LogP contribution in [0.4, 0.5) is 14.9 Å². The topological polar surface area (TPSA) is 70.7 Å². The van der Waals surface area contributed by atoms with Gasteiger partial charge in [-0.25, -0.2) is 14.6 Å². The van der Waals surface area contributed by atoms with E-state index >= 15 is 0 Å². The molecule has 0 radical (unpaired) electrons. The van der Waals surface area contributed by atoms with E-state index in [0.717, 1.165) is 31.2 Å². The Morgan fingerprint density at radius 2 is 2.08 bits per heavy atom. The first-order chi connectivity index (χ1) is 12.1. The minimum Gasteiger partial charge on any atom is -0.447 e. The second-order valence-electron chi connectivity index (χ2n) is 7.05. The molecule has 4 rings (SSSR count). The fraction of sp³-hybridized carbons (Fsp3) is 0.556. The number of fused-ring (bicyclic) bond motifs is 1. The molecule has 0 spiro atoms. The fourth-order valence-corrected chi connectivity index (χ4v) is 4.29. The van der Waals surface area contributed by atoms with Crippen molar-refractivity contribution in [3.63, 3.8) is 0 Å². The molecule has 2 amide bonds. The van der Waals surface area contributed by atoms with Gasteiger partial charge >= 0.3 is 6.09 Å². The largest absolute Gasteiger partial charge is 0.447 e. The van der Waals surface area contributed by atoms with Gasteiger partial charge in [-0.3, -0.25) is 15.1 Å². The fourth-order valence-electron chi connectivity index (χ4n) is 4.29. The van der Waals surface area contributed by atoms with Crippen LogP contribution < -0.4 is 15.8 Å². The van der Waals surface area contributed by atoms with E-state index in [9.17, 15) is 14.0 Å². The summed E-state index contributed by atoms with van der Waals surface area (Å²) >= 11 is 0. The van der Waals surface area contributed by atoms with Crippen molar-refractivity contribution in [1.29, 1.82) is 0 Å². The molecule has 2 heterocycles. The van der Waals surface area contributed by atoms with Crippen molar-refractivity contribution >= 4 is 17.7 Å². The normalized spacial score (nSPS) is 29.2. The van der Waals surface area contributed by atoms with E-state index in [1.807, 2.05) is 0 Å². The lowest BCUT2D eigenvalue weighted by molar-refractivity contribution is -0.133. The Labute approximate surface area is 145 Å². The summed E-state index contributed by atoms with van der Waals surface area (Å²) in [6.45, 7) is 0.643. The molecule has 134 valence electrons. The van der Waals surface area contributed by atoms with Crippen LogP contribution in [0.5, 0.6) is 0 Å². The molecule has 1 saturated carbocycles. The molecule has 1 aliphatic carbocycles. The molecule has 0 aromatic heterocycles. The zero-order valence-electron chi connectivity index (χ0n) is 14.0. The van der Waals surface area contributed by atoms with Crippen LogP contribution in [0.25, 0.3) is 0 Å². The molecule has 3 unspecified atom stereocenters. The SMILES string of the molecule is O=C1NNC(Cc2ccc(F)c(N3CCOC3=O)c2)C2CCCCC12. The number of amides is 2. The molecule has 25 heavy (non-hydrogen) atoms. The highest BCUT2D eigenvalue weighted by Gasteiger charge is 2.39. The van der Waals surface area contributed by atoms with Crippen molar-refractivity contribution in [2.75, 3.05) is 18.1 Å². The predicted octanol–water partition coefficient (Wildman–Crippen LogP) is 2.13. The summed E-state index contributed by atoms with van der Waals surface area (Å²) in [7, 11) is 0. The number of hydrogen-bond acceptors (Lipinski definition) is 4. The Balaban J connectivity index is 1.54. The Morgan fingerprint density at radius 1 is 1.24 bits per heavy atom. The number of halogens is 1. The first-order valence-electron chi connectivity index (χ1n) is 8.91. The van der Waals surface area contributed by atoms with E-state index < -0.39 is 11.9 Å². The Morgan fingerprint density at radius 3 is 2.88 bits per heavy atom. The van der Waals surface area contributed by atoms with Gasteiger partial charge in [0, 0.05) is 12.0 Å². The Kier molecular flexibility index (Phi) is 4.33. The maximum Gasteiger partial charge on any atom is 0.414 e. The number of carbonyl (C=O) groups is 2. The van der Waals surface area contributed by atoms with E-state index in [1.165, 1.54) is 11.0 Å². The zero-order valence-corrected chi connectivity index (χ0v) is 14.0. The summed E-state index contributed by atoms with van der Waals surface area (Å²) in [5, 5.41) is 0. The zero-order chi connectivity index (χ0) is 17.4. The van der Waals surface area contributed by atoms with Crippen molar-refractivity contribution in [3.05, 3.63) is 29.6 Å². The number of ether oxygens (including phenoxy) is 1. The van der Waals surface area contributed by atoms with Crippen LogP contribution in [0.3, 0.4) is 0 Å². The van der Waals surface area contributed by atoms with Crippen LogP contribution >= 0.6 is 0 Å². The van der Waals surface area contributed by atoms with Gasteiger partial charge in [0.2, 0.25) is 5.91 Å². The number of hydrogen-bond donors (Lipinski definition) is 2. The van der Waals surface area contributed by atoms with Gasteiger partial charge in [0.25, 0.3) is 0 Å². The summed E-state index contributed by atoms with van der Waals surface area (Å²) in [4.78, 5) is 25.1. The number of hydrazine groups is 1. The molecule has 2 saturated heterocycles. The minimum atomic E-state index is -0.508. The second kappa shape index (κ2) is 6.63. The lowest BCUT2D eigenvalue weighted by Crippen LogP contribution is -2.60. The first-order valence-corrected chi connectivity index (χ1v) is 8.91. The van der Waals surface area contributed by atoms with Crippen LogP contribution in [-0.2, 0) is 16.0 Å². The van der Waals surface area contributed by atoms with Gasteiger partial charge in [0.1, 0.15) is 12.4 Å². The highest BCUT2D eigenvalue weighted by Crippen LogP contribution is 2.35. The van der Waals surface area contributed by atoms with Gasteiger partial charge in [-0.05, 0) is 42.9 Å². The van der Waals surface area contributed by atoms with Gasteiger partial charge in [-0.15, -0.1) is 0 Å². The molecule has 2 N–H and O–H groups in total. The monoisotopic (exact) mass is 347 g/mol. The highest BCUT2D eigenvalue weighted by molar-refractivity contribution is 5.89. The Hall–Kier alpha value is -2.15. The van der Waals surface area contributed by atoms with Crippen molar-refractivity contribution in [1.82, 2.24) is 10.9 Å². The maximum absolute atomic E-state index is 14.2. The molecule has 1 aromatic carbocycles. The van der Waals surface area contributed by atoms with Gasteiger partial charge in [-0.2, -0.15) is 0 Å². The second-order valence-corrected chi connectivity index (χ2v) is 7.05. The summed E-state index contributed by atoms with van der Waals surface area (Å²) in [5.74, 6) is 0.0184. The van der Waals surface area contributed by atoms with Crippen LogP contribution in [0.1, 0.15) is 31.2 Å². The number of cyclic esters (lactones) is 1. The molecule has 0 bridgehead atoms. The van der Waals surface area contributed by atoms with Crippen molar-refractivity contribution < 1.29 is 18.7 Å². The number of anilines is 1. The molecule has 3 aliphatic rings. The van der Waals surface area contributed by atoms with Gasteiger partial charge in [0.05, 0.1) is 12.2 Å². The van der Waals surface area contributed by atoms with E-state index in [1.54, 1.807) is 12.1 Å². The molecule has 3 atom stereocenters. The standard InChI is InChI=1S/C18H22FN3O3/c19-14-6-5-11(10-16(14)22-7-8-25-18(22)24)9-15-12-3-1-2-4-13(12)17(23)21-20-15/h5-6,10,12-13,15,20H,1-4,7-9H2,(H,21,23). The van der Waals surface area contributed by atoms with E-state index in [2.05, 4.69) is 10.9 Å². The molecule has 2 aliphatic heterocycles. The highest BCUT2D eigenvalue weighted by atomic mass is 19.1. The maximum atomic E-state index is 14.2. The number of benzene rings is 1. The Bertz CT molecular complexity index is 696. The first kappa shape index (κ1) is 16.3. The predicted molar refractivity (Wildman–Crippen MR) is 89.3 cm³/mol. The third-order valence-electron chi connectivity index (χ3n) is 5.57. The lowest BCUT2D eigenvalue weighted by atomic mass is 9.72. The number of rotatable bonds is 3. The minimum absolute atomic E-state index is 0.0634. The quantitative estimate of drug-likeness (QED) is 0.879. The van der Waals surface area contributed by atoms with Crippen LogP contribution in [0.15, 0.2) is 18.2 Å². The lowest BCUT2D eigenvalue weighted by Gasteiger charge is -2.41. The summed E-state index contributed by atoms with van der Waals surface area (Å²) < 4.78 is 19.1. The average Bonchev–Trinajstić information content (AvgIpc) is 3.05. The summed E-state index contributed by atoms with van der Waals surface area (Å²) in [6.07, 6.45) is 4.37. The van der Waals surface area contributed by atoms with E-state index in [0.29, 0.717) is 18.9 Å². The van der Waals surface area contributed by atoms with Gasteiger partial charge in [0.15, 0.2) is 0 Å². The molecular weight excluding hydrogens is 325 g/mol. The van der Waals surface area contributed by atoms with E-state index in [4.69, 9.17) is 4.74 Å². The third kappa shape index (κ3) is 3.08. The average molecular weight is 347 g/mol. The number of carbonyl (C=O) groups excluding carboxylic acids is 2. The molecule has 6 nitrogen and oxygen atoms in total. The summed E-state index contributed by atoms with van der Waals surface area (Å²) in [5.41, 5.74) is 7.13. The number of nitrogens with zero attached hydrogens (tertiary/aromatic N) is 1. The molecule has 1 aromatic rings. The van der Waals surface area contributed by atoms with Crippen LogP contribution in [0, 0.1) is 17.7 Å². The smallest absolute Gasteiger partial charge is 0.414 e. The number of nitrogens with one attached hydrogen (secondary N) is 2. The molecular formula is C18H22FN3O3. The van der Waals surface area contributed by atoms with Crippen LogP contribution in [-0.4, -0.2) is 31.2 Å². The molecule has 7 heteroatoms. The van der Waals surface area contributed by atoms with Crippen molar-refractivity contribution in [3.8, 4) is 0 Å². The molecule has 3 fully saturated rings. The van der Waals surface area contributed by atoms with Crippen molar-refractivity contribution in [2.24, 2.45) is 11.8 Å². The van der Waals surface area contributed by atoms with Gasteiger partial charge in [-0.1, -0.05) is 18.9 Å². The van der Waals surface area contributed by atoms with Crippen molar-refractivity contribution in [2.45, 2.75) is 38.1 Å².